The maximum atomic E-state index is 13.2. The second-order valence-corrected chi connectivity index (χ2v) is 9.68. The van der Waals surface area contributed by atoms with Gasteiger partial charge in [0.2, 0.25) is 0 Å². The molecule has 8 nitrogen and oxygen atoms in total. The molecule has 0 bridgehead atoms. The molecule has 12 heteroatoms. The van der Waals surface area contributed by atoms with Gasteiger partial charge in [-0.05, 0) is 73.4 Å². The van der Waals surface area contributed by atoms with Gasteiger partial charge in [0.25, 0.3) is 11.8 Å². The van der Waals surface area contributed by atoms with Gasteiger partial charge in [0.05, 0.1) is 33.7 Å². The molecule has 2 amide bonds. The van der Waals surface area contributed by atoms with Crippen molar-refractivity contribution in [2.45, 2.75) is 38.3 Å². The highest BCUT2D eigenvalue weighted by Crippen LogP contribution is 2.35. The first-order chi connectivity index (χ1) is 18.4. The summed E-state index contributed by atoms with van der Waals surface area (Å²) < 4.78 is 43.3. The number of rotatable bonds is 7. The molecule has 1 aliphatic carbocycles. The van der Waals surface area contributed by atoms with Gasteiger partial charge >= 0.3 is 6.36 Å². The maximum absolute atomic E-state index is 13.2. The van der Waals surface area contributed by atoms with Crippen LogP contribution in [0.15, 0.2) is 60.8 Å². The van der Waals surface area contributed by atoms with Crippen molar-refractivity contribution in [3.05, 3.63) is 82.5 Å². The van der Waals surface area contributed by atoms with Crippen molar-refractivity contribution in [3.8, 4) is 11.4 Å². The lowest BCUT2D eigenvalue weighted by Crippen LogP contribution is -2.35. The molecule has 4 aromatic rings. The van der Waals surface area contributed by atoms with Crippen molar-refractivity contribution in [1.29, 1.82) is 0 Å². The molecule has 0 spiro atoms. The lowest BCUT2D eigenvalue weighted by atomic mass is 10.1. The molecule has 0 unspecified atom stereocenters. The number of nitrogens with zero attached hydrogens (tertiary/aromatic N) is 2. The monoisotopic (exact) mass is 558 g/mol. The molecule has 1 aliphatic rings. The normalized spacial score (nSPS) is 14.2. The number of aryl methyl sites for hydroxylation is 1. The first-order valence-corrected chi connectivity index (χ1v) is 12.3. The number of nitrogens with one attached hydrogen (secondary N) is 2. The molecule has 1 saturated carbocycles. The fourth-order valence-corrected chi connectivity index (χ4v) is 4.36. The van der Waals surface area contributed by atoms with Crippen molar-refractivity contribution in [2.24, 2.45) is 0 Å². The number of ether oxygens (including phenoxy) is 1. The minimum absolute atomic E-state index is 0.118. The number of halogens is 4. The predicted octanol–water partition coefficient (Wildman–Crippen LogP) is 5.28. The van der Waals surface area contributed by atoms with Gasteiger partial charge in [-0.25, -0.2) is 4.68 Å². The molecule has 39 heavy (non-hydrogen) atoms. The van der Waals surface area contributed by atoms with Crippen LogP contribution in [0.25, 0.3) is 16.6 Å². The summed E-state index contributed by atoms with van der Waals surface area (Å²) in [4.78, 5) is 25.2. The summed E-state index contributed by atoms with van der Waals surface area (Å²) in [6, 6.07) is 13.9. The van der Waals surface area contributed by atoms with Crippen LogP contribution in [-0.2, 0) is 11.3 Å². The number of amides is 2. The van der Waals surface area contributed by atoms with Gasteiger partial charge in [0, 0.05) is 11.9 Å². The van der Waals surface area contributed by atoms with Crippen molar-refractivity contribution < 1.29 is 32.6 Å². The Hall–Kier alpha value is -4.09. The van der Waals surface area contributed by atoms with E-state index in [4.69, 9.17) is 11.6 Å². The van der Waals surface area contributed by atoms with Crippen LogP contribution in [0.2, 0.25) is 5.02 Å². The third-order valence-electron chi connectivity index (χ3n) is 6.37. The van der Waals surface area contributed by atoms with E-state index >= 15 is 0 Å². The van der Waals surface area contributed by atoms with E-state index < -0.39 is 23.8 Å². The fraction of sp³-hybridized carbons (Fsp3) is 0.222. The maximum Gasteiger partial charge on any atom is 0.573 e. The Morgan fingerprint density at radius 2 is 1.92 bits per heavy atom. The summed E-state index contributed by atoms with van der Waals surface area (Å²) >= 11 is 6.29. The number of hydrogen-bond donors (Lipinski definition) is 3. The van der Waals surface area contributed by atoms with Crippen LogP contribution in [-0.4, -0.2) is 38.7 Å². The Bertz CT molecular complexity index is 1600. The Labute approximate surface area is 225 Å². The molecule has 0 atom stereocenters. The molecule has 1 heterocycles. The van der Waals surface area contributed by atoms with E-state index in [9.17, 15) is 27.9 Å². The van der Waals surface area contributed by atoms with Crippen LogP contribution < -0.4 is 15.4 Å². The Balaban J connectivity index is 1.37. The van der Waals surface area contributed by atoms with E-state index in [1.807, 2.05) is 0 Å². The van der Waals surface area contributed by atoms with Crippen molar-refractivity contribution in [2.75, 3.05) is 5.32 Å². The zero-order chi connectivity index (χ0) is 27.9. The van der Waals surface area contributed by atoms with Gasteiger partial charge in [0.1, 0.15) is 11.4 Å². The summed E-state index contributed by atoms with van der Waals surface area (Å²) in [5, 5.41) is 20.6. The van der Waals surface area contributed by atoms with Crippen LogP contribution in [0.3, 0.4) is 0 Å². The SMILES string of the molecule is Cc1cc(OC(F)(F)F)ccc1-n1ncc2c(NC(=O)c3cc(CNC(=O)C4(O)CC4)ccc3Cl)cccc21. The van der Waals surface area contributed by atoms with Gasteiger partial charge in [-0.15, -0.1) is 13.2 Å². The summed E-state index contributed by atoms with van der Waals surface area (Å²) in [7, 11) is 0. The number of benzene rings is 3. The summed E-state index contributed by atoms with van der Waals surface area (Å²) in [6.07, 6.45) is -2.41. The van der Waals surface area contributed by atoms with E-state index in [0.717, 1.165) is 0 Å². The highest BCUT2D eigenvalue weighted by molar-refractivity contribution is 6.34. The predicted molar refractivity (Wildman–Crippen MR) is 138 cm³/mol. The van der Waals surface area contributed by atoms with E-state index in [0.29, 0.717) is 46.2 Å². The van der Waals surface area contributed by atoms with Gasteiger partial charge in [0.15, 0.2) is 0 Å². The van der Waals surface area contributed by atoms with E-state index in [1.54, 1.807) is 54.2 Å². The second-order valence-electron chi connectivity index (χ2n) is 9.27. The average molecular weight is 559 g/mol. The Morgan fingerprint density at radius 1 is 1.15 bits per heavy atom. The number of carbonyl (C=O) groups is 2. The molecule has 0 saturated heterocycles. The van der Waals surface area contributed by atoms with Crippen LogP contribution in [0.4, 0.5) is 18.9 Å². The largest absolute Gasteiger partial charge is 0.573 e. The molecule has 0 aliphatic heterocycles. The summed E-state index contributed by atoms with van der Waals surface area (Å²) in [5.74, 6) is -1.28. The summed E-state index contributed by atoms with van der Waals surface area (Å²) in [5.41, 5.74) is 1.62. The molecule has 0 radical (unpaired) electrons. The molecule has 1 aromatic heterocycles. The number of hydrogen-bond acceptors (Lipinski definition) is 5. The standard InChI is InChI=1S/C27H22ClF3N4O4/c1-15-11-17(39-27(29,30)31)6-8-22(15)35-23-4-2-3-21(19(23)14-33-35)34-24(36)18-12-16(5-7-20(18)28)13-32-25(37)26(38)9-10-26/h2-8,11-12,14,38H,9-10,13H2,1H3,(H,32,37)(H,34,36). The van der Waals surface area contributed by atoms with Crippen molar-refractivity contribution in [1.82, 2.24) is 15.1 Å². The first-order valence-electron chi connectivity index (χ1n) is 11.9. The zero-order valence-corrected chi connectivity index (χ0v) is 21.2. The van der Waals surface area contributed by atoms with Crippen LogP contribution >= 0.6 is 11.6 Å². The smallest absolute Gasteiger partial charge is 0.406 e. The number of fused-ring (bicyclic) bond motifs is 1. The molecule has 3 N–H and O–H groups in total. The quantitative estimate of drug-likeness (QED) is 0.286. The van der Waals surface area contributed by atoms with Crippen molar-refractivity contribution in [3.63, 3.8) is 0 Å². The number of alkyl halides is 3. The Kier molecular flexibility index (Phi) is 6.73. The minimum Gasteiger partial charge on any atom is -0.406 e. The van der Waals surface area contributed by atoms with E-state index in [1.165, 1.54) is 18.2 Å². The topological polar surface area (TPSA) is 105 Å². The van der Waals surface area contributed by atoms with Gasteiger partial charge in [-0.1, -0.05) is 23.7 Å². The summed E-state index contributed by atoms with van der Waals surface area (Å²) in [6.45, 7) is 1.76. The third kappa shape index (κ3) is 5.69. The Morgan fingerprint density at radius 3 is 2.62 bits per heavy atom. The number of aliphatic hydroxyl groups is 1. The number of anilines is 1. The number of aromatic nitrogens is 2. The zero-order valence-electron chi connectivity index (χ0n) is 20.5. The fourth-order valence-electron chi connectivity index (χ4n) is 4.15. The number of carbonyl (C=O) groups excluding carboxylic acids is 2. The molecule has 5 rings (SSSR count). The van der Waals surface area contributed by atoms with Crippen LogP contribution in [0.5, 0.6) is 5.75 Å². The molecule has 1 fully saturated rings. The lowest BCUT2D eigenvalue weighted by Gasteiger charge is -2.13. The third-order valence-corrected chi connectivity index (χ3v) is 6.70. The lowest BCUT2D eigenvalue weighted by molar-refractivity contribution is -0.274. The van der Waals surface area contributed by atoms with Crippen molar-refractivity contribution >= 4 is 40.0 Å². The van der Waals surface area contributed by atoms with Gasteiger partial charge in [-0.3, -0.25) is 9.59 Å². The first kappa shape index (κ1) is 26.5. The van der Waals surface area contributed by atoms with Gasteiger partial charge in [-0.2, -0.15) is 5.10 Å². The highest BCUT2D eigenvalue weighted by atomic mass is 35.5. The van der Waals surface area contributed by atoms with E-state index in [2.05, 4.69) is 20.5 Å². The second kappa shape index (κ2) is 9.90. The van der Waals surface area contributed by atoms with Crippen LogP contribution in [0, 0.1) is 6.92 Å². The van der Waals surface area contributed by atoms with Crippen LogP contribution in [0.1, 0.15) is 34.3 Å². The molecule has 202 valence electrons. The molecular formula is C27H22ClF3N4O4. The van der Waals surface area contributed by atoms with E-state index in [-0.39, 0.29) is 22.9 Å². The molecule has 3 aromatic carbocycles. The average Bonchev–Trinajstić information content (AvgIpc) is 3.48. The highest BCUT2D eigenvalue weighted by Gasteiger charge is 2.47. The minimum atomic E-state index is -4.80. The molecular weight excluding hydrogens is 537 g/mol. The van der Waals surface area contributed by atoms with Gasteiger partial charge < -0.3 is 20.5 Å².